The summed E-state index contributed by atoms with van der Waals surface area (Å²) in [6, 6.07) is -1.72. The molecule has 0 saturated carbocycles. The minimum Gasteiger partial charge on any atom is -0.338 e. The summed E-state index contributed by atoms with van der Waals surface area (Å²) >= 11 is 0. The van der Waals surface area contributed by atoms with Crippen LogP contribution in [0.4, 0.5) is 4.79 Å². The lowest BCUT2D eigenvalue weighted by Crippen LogP contribution is -2.47. The third-order valence-corrected chi connectivity index (χ3v) is 6.87. The molecule has 4 N–H and O–H groups in total. The van der Waals surface area contributed by atoms with E-state index in [0.717, 1.165) is 24.5 Å². The lowest BCUT2D eigenvalue weighted by molar-refractivity contribution is -0.113. The van der Waals surface area contributed by atoms with Crippen molar-refractivity contribution in [1.82, 2.24) is 10.6 Å². The van der Waals surface area contributed by atoms with E-state index >= 15 is 0 Å². The molecule has 0 spiro atoms. The van der Waals surface area contributed by atoms with Crippen molar-refractivity contribution >= 4 is 42.8 Å². The highest BCUT2D eigenvalue weighted by Crippen LogP contribution is 2.39. The van der Waals surface area contributed by atoms with Crippen LogP contribution in [0.15, 0.2) is 0 Å². The van der Waals surface area contributed by atoms with Crippen LogP contribution in [0.25, 0.3) is 0 Å². The van der Waals surface area contributed by atoms with Crippen LogP contribution in [0.2, 0.25) is 0 Å². The van der Waals surface area contributed by atoms with Crippen LogP contribution in [0.1, 0.15) is 32.6 Å². The Hall–Kier alpha value is -0.450. The summed E-state index contributed by atoms with van der Waals surface area (Å²) in [6.07, 6.45) is 4.27. The molecule has 2 atom stereocenters. The fraction of sp³-hybridized carbons (Fsp3) is 0.818. The van der Waals surface area contributed by atoms with Crippen molar-refractivity contribution in [2.24, 2.45) is 5.14 Å². The van der Waals surface area contributed by atoms with Crippen molar-refractivity contribution in [3.8, 4) is 0 Å². The number of carbonyl (C=O) groups is 2. The van der Waals surface area contributed by atoms with E-state index in [2.05, 4.69) is 10.6 Å². The van der Waals surface area contributed by atoms with Gasteiger partial charge in [0.2, 0.25) is 0 Å². The Labute approximate surface area is 133 Å². The Morgan fingerprint density at radius 2 is 2.10 bits per heavy atom. The Morgan fingerprint density at radius 3 is 2.67 bits per heavy atom. The topological polar surface area (TPSA) is 118 Å². The predicted molar refractivity (Wildman–Crippen MR) is 86.4 cm³/mol. The molecule has 1 unspecified atom stereocenters. The SMILES string of the molecule is C[C@@H](NC(=O)NCCCCC1CCSS1)C(=O)S(N)(=O)=O. The molecule has 0 aromatic carbocycles. The number of unbranched alkanes of at least 4 members (excludes halogenated alkanes) is 1. The largest absolute Gasteiger partial charge is 0.338 e. The quantitative estimate of drug-likeness (QED) is 0.459. The van der Waals surface area contributed by atoms with E-state index in [0.29, 0.717) is 6.54 Å². The molecule has 0 radical (unpaired) electrons. The van der Waals surface area contributed by atoms with Gasteiger partial charge in [0.25, 0.3) is 15.1 Å². The van der Waals surface area contributed by atoms with E-state index in [-0.39, 0.29) is 0 Å². The van der Waals surface area contributed by atoms with E-state index in [1.54, 1.807) is 0 Å². The van der Waals surface area contributed by atoms with Crippen LogP contribution < -0.4 is 15.8 Å². The summed E-state index contributed by atoms with van der Waals surface area (Å²) < 4.78 is 21.7. The number of nitrogens with two attached hydrogens (primary N) is 1. The molecular weight excluding hydrogens is 334 g/mol. The Bertz CT molecular complexity index is 463. The van der Waals surface area contributed by atoms with Crippen molar-refractivity contribution in [3.05, 3.63) is 0 Å². The molecule has 7 nitrogen and oxygen atoms in total. The Kier molecular flexibility index (Phi) is 7.85. The first-order chi connectivity index (χ1) is 9.80. The van der Waals surface area contributed by atoms with Gasteiger partial charge in [-0.15, -0.1) is 0 Å². The van der Waals surface area contributed by atoms with Gasteiger partial charge in [-0.05, 0) is 26.2 Å². The fourth-order valence-electron chi connectivity index (χ4n) is 1.82. The van der Waals surface area contributed by atoms with E-state index in [9.17, 15) is 18.0 Å². The first-order valence-corrected chi connectivity index (χ1v) is 10.6. The number of amides is 2. The first-order valence-electron chi connectivity index (χ1n) is 6.70. The van der Waals surface area contributed by atoms with Crippen molar-refractivity contribution in [2.45, 2.75) is 43.9 Å². The second-order valence-corrected chi connectivity index (χ2v) is 9.09. The van der Waals surface area contributed by atoms with Crippen LogP contribution >= 0.6 is 21.6 Å². The fourth-order valence-corrected chi connectivity index (χ4v) is 5.40. The van der Waals surface area contributed by atoms with Gasteiger partial charge in [0, 0.05) is 17.5 Å². The van der Waals surface area contributed by atoms with E-state index in [1.165, 1.54) is 19.1 Å². The van der Waals surface area contributed by atoms with Gasteiger partial charge in [0.05, 0.1) is 0 Å². The third kappa shape index (κ3) is 7.39. The minimum atomic E-state index is -4.27. The Morgan fingerprint density at radius 1 is 1.38 bits per heavy atom. The van der Waals surface area contributed by atoms with Gasteiger partial charge >= 0.3 is 6.03 Å². The van der Waals surface area contributed by atoms with Crippen LogP contribution in [0, 0.1) is 0 Å². The molecule has 1 saturated heterocycles. The summed E-state index contributed by atoms with van der Waals surface area (Å²) in [5.74, 6) is 1.21. The molecule has 10 heteroatoms. The molecule has 1 heterocycles. The summed E-state index contributed by atoms with van der Waals surface area (Å²) in [5.41, 5.74) is 0. The third-order valence-electron chi connectivity index (χ3n) is 2.95. The van der Waals surface area contributed by atoms with Gasteiger partial charge in [-0.25, -0.2) is 18.4 Å². The highest BCUT2D eigenvalue weighted by Gasteiger charge is 2.25. The van der Waals surface area contributed by atoms with Gasteiger partial charge < -0.3 is 10.6 Å². The molecule has 0 aliphatic carbocycles. The van der Waals surface area contributed by atoms with Crippen molar-refractivity contribution < 1.29 is 18.0 Å². The molecule has 122 valence electrons. The second kappa shape index (κ2) is 8.86. The average molecular weight is 356 g/mol. The molecule has 0 aromatic rings. The summed E-state index contributed by atoms with van der Waals surface area (Å²) in [4.78, 5) is 22.8. The van der Waals surface area contributed by atoms with Gasteiger partial charge in [0.15, 0.2) is 0 Å². The zero-order chi connectivity index (χ0) is 15.9. The van der Waals surface area contributed by atoms with Gasteiger partial charge in [-0.1, -0.05) is 28.0 Å². The van der Waals surface area contributed by atoms with Crippen molar-refractivity contribution in [1.29, 1.82) is 0 Å². The van der Waals surface area contributed by atoms with Crippen LogP contribution in [-0.2, 0) is 14.8 Å². The highest BCUT2D eigenvalue weighted by atomic mass is 33.1. The maximum Gasteiger partial charge on any atom is 0.315 e. The molecule has 1 aliphatic heterocycles. The summed E-state index contributed by atoms with van der Waals surface area (Å²) in [7, 11) is -0.433. The van der Waals surface area contributed by atoms with Gasteiger partial charge in [0.1, 0.15) is 6.04 Å². The van der Waals surface area contributed by atoms with Crippen LogP contribution in [0.5, 0.6) is 0 Å². The van der Waals surface area contributed by atoms with Gasteiger partial charge in [-0.3, -0.25) is 4.79 Å². The molecular formula is C11H21N3O4S3. The molecule has 21 heavy (non-hydrogen) atoms. The Balaban J connectivity index is 2.11. The van der Waals surface area contributed by atoms with E-state index in [4.69, 9.17) is 5.14 Å². The van der Waals surface area contributed by atoms with Crippen LogP contribution in [0.3, 0.4) is 0 Å². The molecule has 2 amide bonds. The lowest BCUT2D eigenvalue weighted by Gasteiger charge is -2.12. The number of urea groups is 1. The molecule has 1 fully saturated rings. The molecule has 1 aliphatic rings. The molecule has 1 rings (SSSR count). The number of hydrogen-bond acceptors (Lipinski definition) is 6. The standard InChI is InChI=1S/C11H21N3O4S3/c1-8(10(15)21(12,17)18)14-11(16)13-6-3-2-4-9-5-7-19-20-9/h8-9H,2-7H2,1H3,(H2,12,17,18)(H2,13,14,16)/t8-,9?/m1/s1. The summed E-state index contributed by atoms with van der Waals surface area (Å²) in [6.45, 7) is 1.77. The maximum absolute atomic E-state index is 11.5. The molecule has 0 aromatic heterocycles. The number of primary sulfonamides is 1. The average Bonchev–Trinajstić information content (AvgIpc) is 2.89. The second-order valence-electron chi connectivity index (χ2n) is 4.81. The monoisotopic (exact) mass is 355 g/mol. The number of nitrogens with one attached hydrogen (secondary N) is 2. The van der Waals surface area contributed by atoms with Crippen molar-refractivity contribution in [3.63, 3.8) is 0 Å². The predicted octanol–water partition coefficient (Wildman–Crippen LogP) is 0.813. The molecule has 0 bridgehead atoms. The van der Waals surface area contributed by atoms with Gasteiger partial charge in [-0.2, -0.15) is 0 Å². The number of hydrogen-bond donors (Lipinski definition) is 3. The van der Waals surface area contributed by atoms with E-state index in [1.807, 2.05) is 21.6 Å². The maximum atomic E-state index is 11.5. The lowest BCUT2D eigenvalue weighted by atomic mass is 10.1. The smallest absolute Gasteiger partial charge is 0.315 e. The van der Waals surface area contributed by atoms with E-state index < -0.39 is 27.2 Å². The number of rotatable bonds is 7. The van der Waals surface area contributed by atoms with Crippen molar-refractivity contribution in [2.75, 3.05) is 12.3 Å². The number of sulfonamides is 1. The zero-order valence-electron chi connectivity index (χ0n) is 11.8. The number of carbonyl (C=O) groups excluding carboxylic acids is 2. The highest BCUT2D eigenvalue weighted by molar-refractivity contribution is 8.77. The first kappa shape index (κ1) is 18.6. The minimum absolute atomic E-state index is 0.493. The van der Waals surface area contributed by atoms with Crippen LogP contribution in [-0.4, -0.2) is 43.2 Å². The normalized spacial score (nSPS) is 20.0. The zero-order valence-corrected chi connectivity index (χ0v) is 14.3. The summed E-state index contributed by atoms with van der Waals surface area (Å²) in [5, 5.41) is 9.07.